The van der Waals surface area contributed by atoms with E-state index >= 15 is 0 Å². The molecule has 0 aromatic heterocycles. The highest BCUT2D eigenvalue weighted by Gasteiger charge is 2.28. The van der Waals surface area contributed by atoms with Gasteiger partial charge in [0.25, 0.3) is 0 Å². The van der Waals surface area contributed by atoms with E-state index in [9.17, 15) is 8.42 Å². The Kier molecular flexibility index (Phi) is 8.26. The third-order valence-corrected chi connectivity index (χ3v) is 8.13. The zero-order valence-corrected chi connectivity index (χ0v) is 23.2. The van der Waals surface area contributed by atoms with Crippen molar-refractivity contribution >= 4 is 32.9 Å². The molecule has 8 heteroatoms. The highest BCUT2D eigenvalue weighted by molar-refractivity contribution is 7.89. The standard InChI is InChI=1S/C31H31N3O3S2/c32-39(35,36)29-21-26(20-28(33-18-10-11-19-33)30(29)37-27-16-8-3-9-17-27)31(38)34(22-24-12-4-1-5-13-24)23-25-14-6-2-7-15-25/h1-9,12-17,20-21H,10-11,18-19,22-23H2,(H2,32,35,36). The van der Waals surface area contributed by atoms with Crippen LogP contribution in [0.15, 0.2) is 108 Å². The molecule has 0 bridgehead atoms. The fourth-order valence-electron chi connectivity index (χ4n) is 4.81. The quantitative estimate of drug-likeness (QED) is 0.251. The van der Waals surface area contributed by atoms with Crippen molar-refractivity contribution in [1.29, 1.82) is 0 Å². The highest BCUT2D eigenvalue weighted by atomic mass is 32.2. The van der Waals surface area contributed by atoms with E-state index in [1.807, 2.05) is 60.7 Å². The molecule has 0 unspecified atom stereocenters. The molecule has 1 saturated heterocycles. The lowest BCUT2D eigenvalue weighted by molar-refractivity contribution is 0.414. The fourth-order valence-corrected chi connectivity index (χ4v) is 5.76. The second-order valence-electron chi connectivity index (χ2n) is 9.61. The van der Waals surface area contributed by atoms with Crippen LogP contribution in [0.3, 0.4) is 0 Å². The van der Waals surface area contributed by atoms with Crippen molar-refractivity contribution in [2.75, 3.05) is 18.0 Å². The first-order chi connectivity index (χ1) is 18.9. The van der Waals surface area contributed by atoms with Crippen molar-refractivity contribution in [3.05, 3.63) is 120 Å². The van der Waals surface area contributed by atoms with E-state index in [-0.39, 0.29) is 10.6 Å². The maximum Gasteiger partial charge on any atom is 0.241 e. The molecule has 0 spiro atoms. The number of para-hydroxylation sites is 1. The molecule has 200 valence electrons. The Balaban J connectivity index is 1.60. The van der Waals surface area contributed by atoms with Gasteiger partial charge in [-0.15, -0.1) is 0 Å². The normalized spacial score (nSPS) is 13.3. The van der Waals surface area contributed by atoms with Gasteiger partial charge in [-0.05, 0) is 48.2 Å². The summed E-state index contributed by atoms with van der Waals surface area (Å²) in [7, 11) is -4.13. The average molecular weight is 558 g/mol. The van der Waals surface area contributed by atoms with Crippen molar-refractivity contribution < 1.29 is 13.2 Å². The van der Waals surface area contributed by atoms with E-state index in [0.717, 1.165) is 37.1 Å². The third kappa shape index (κ3) is 6.65. The molecule has 4 aromatic rings. The van der Waals surface area contributed by atoms with Crippen LogP contribution in [-0.4, -0.2) is 31.4 Å². The lowest BCUT2D eigenvalue weighted by Crippen LogP contribution is -2.30. The molecule has 2 N–H and O–H groups in total. The summed E-state index contributed by atoms with van der Waals surface area (Å²) in [4.78, 5) is 4.71. The van der Waals surface area contributed by atoms with Crippen molar-refractivity contribution in [3.63, 3.8) is 0 Å². The van der Waals surface area contributed by atoms with Gasteiger partial charge in [0.05, 0.1) is 5.69 Å². The molecule has 0 amide bonds. The van der Waals surface area contributed by atoms with E-state index in [2.05, 4.69) is 34.1 Å². The zero-order chi connectivity index (χ0) is 27.2. The number of sulfonamides is 1. The van der Waals surface area contributed by atoms with Crippen LogP contribution in [0.1, 0.15) is 29.5 Å². The molecule has 1 aliphatic rings. The first kappa shape index (κ1) is 26.9. The second kappa shape index (κ2) is 12.0. The predicted molar refractivity (Wildman–Crippen MR) is 160 cm³/mol. The van der Waals surface area contributed by atoms with Crippen LogP contribution in [0.5, 0.6) is 11.5 Å². The van der Waals surface area contributed by atoms with Gasteiger partial charge >= 0.3 is 0 Å². The summed E-state index contributed by atoms with van der Waals surface area (Å²) >= 11 is 6.06. The van der Waals surface area contributed by atoms with Crippen molar-refractivity contribution in [3.8, 4) is 11.5 Å². The van der Waals surface area contributed by atoms with E-state index in [4.69, 9.17) is 22.1 Å². The molecule has 1 fully saturated rings. The SMILES string of the molecule is NS(=O)(=O)c1cc(C(=S)N(Cc2ccccc2)Cc2ccccc2)cc(N2CCCC2)c1Oc1ccccc1. The van der Waals surface area contributed by atoms with Crippen LogP contribution in [-0.2, 0) is 23.1 Å². The molecule has 0 saturated carbocycles. The van der Waals surface area contributed by atoms with Gasteiger partial charge in [0.1, 0.15) is 15.6 Å². The zero-order valence-electron chi connectivity index (χ0n) is 21.6. The average Bonchev–Trinajstić information content (AvgIpc) is 3.48. The summed E-state index contributed by atoms with van der Waals surface area (Å²) in [6.45, 7) is 2.73. The smallest absolute Gasteiger partial charge is 0.241 e. The van der Waals surface area contributed by atoms with Crippen LogP contribution in [0.2, 0.25) is 0 Å². The monoisotopic (exact) mass is 557 g/mol. The Morgan fingerprint density at radius 2 is 1.33 bits per heavy atom. The van der Waals surface area contributed by atoms with Crippen LogP contribution >= 0.6 is 12.2 Å². The van der Waals surface area contributed by atoms with Gasteiger partial charge in [-0.1, -0.05) is 91.1 Å². The molecular formula is C31H31N3O3S2. The van der Waals surface area contributed by atoms with E-state index in [1.54, 1.807) is 18.2 Å². The molecule has 39 heavy (non-hydrogen) atoms. The Labute approximate surface area is 235 Å². The van der Waals surface area contributed by atoms with E-state index in [1.165, 1.54) is 0 Å². The molecule has 1 aliphatic heterocycles. The van der Waals surface area contributed by atoms with Gasteiger partial charge < -0.3 is 14.5 Å². The summed E-state index contributed by atoms with van der Waals surface area (Å²) in [5.74, 6) is 0.766. The number of ether oxygens (including phenoxy) is 1. The summed E-state index contributed by atoms with van der Waals surface area (Å²) in [6.07, 6.45) is 2.02. The number of anilines is 1. The molecule has 0 atom stereocenters. The van der Waals surface area contributed by atoms with Gasteiger partial charge in [-0.3, -0.25) is 0 Å². The summed E-state index contributed by atoms with van der Waals surface area (Å²) in [6, 6.07) is 32.8. The predicted octanol–water partition coefficient (Wildman–Crippen LogP) is 6.10. The molecule has 4 aromatic carbocycles. The number of hydrogen-bond donors (Lipinski definition) is 1. The Morgan fingerprint density at radius 1 is 0.821 bits per heavy atom. The highest BCUT2D eigenvalue weighted by Crippen LogP contribution is 2.41. The topological polar surface area (TPSA) is 75.9 Å². The van der Waals surface area contributed by atoms with Crippen LogP contribution in [0, 0.1) is 0 Å². The number of thiocarbonyl (C=S) groups is 1. The van der Waals surface area contributed by atoms with Crippen molar-refractivity contribution in [1.82, 2.24) is 4.90 Å². The van der Waals surface area contributed by atoms with Crippen LogP contribution < -0.4 is 14.8 Å². The van der Waals surface area contributed by atoms with E-state index in [0.29, 0.717) is 35.1 Å². The summed E-state index contributed by atoms with van der Waals surface area (Å²) in [5, 5.41) is 5.79. The summed E-state index contributed by atoms with van der Waals surface area (Å²) < 4.78 is 32.1. The van der Waals surface area contributed by atoms with Gasteiger partial charge in [0.2, 0.25) is 10.0 Å². The molecule has 5 rings (SSSR count). The van der Waals surface area contributed by atoms with Crippen LogP contribution in [0.4, 0.5) is 5.69 Å². The Hall–Kier alpha value is -3.72. The number of rotatable bonds is 9. The Morgan fingerprint density at radius 3 is 1.85 bits per heavy atom. The number of nitrogens with zero attached hydrogens (tertiary/aromatic N) is 2. The van der Waals surface area contributed by atoms with Gasteiger partial charge in [-0.25, -0.2) is 13.6 Å². The third-order valence-electron chi connectivity index (χ3n) is 6.72. The van der Waals surface area contributed by atoms with Gasteiger partial charge in [0, 0.05) is 31.7 Å². The molecule has 1 heterocycles. The number of hydrogen-bond acceptors (Lipinski definition) is 5. The first-order valence-corrected chi connectivity index (χ1v) is 14.9. The molecule has 0 radical (unpaired) electrons. The number of primary sulfonamides is 1. The van der Waals surface area contributed by atoms with Crippen molar-refractivity contribution in [2.45, 2.75) is 30.8 Å². The molecule has 6 nitrogen and oxygen atoms in total. The minimum atomic E-state index is -4.13. The number of benzene rings is 4. The number of nitrogens with two attached hydrogens (primary N) is 1. The minimum Gasteiger partial charge on any atom is -0.454 e. The largest absolute Gasteiger partial charge is 0.454 e. The van der Waals surface area contributed by atoms with Crippen LogP contribution in [0.25, 0.3) is 0 Å². The lowest BCUT2D eigenvalue weighted by atomic mass is 10.1. The minimum absolute atomic E-state index is 0.0764. The maximum absolute atomic E-state index is 13.0. The fraction of sp³-hybridized carbons (Fsp3) is 0.194. The van der Waals surface area contributed by atoms with Crippen molar-refractivity contribution in [2.24, 2.45) is 5.14 Å². The molecule has 0 aliphatic carbocycles. The Bertz CT molecular complexity index is 1480. The van der Waals surface area contributed by atoms with Gasteiger partial charge in [-0.2, -0.15) is 0 Å². The van der Waals surface area contributed by atoms with Gasteiger partial charge in [0.15, 0.2) is 5.75 Å². The first-order valence-electron chi connectivity index (χ1n) is 12.9. The second-order valence-corrected chi connectivity index (χ2v) is 11.5. The lowest BCUT2D eigenvalue weighted by Gasteiger charge is -2.28. The van der Waals surface area contributed by atoms with E-state index < -0.39 is 10.0 Å². The molecular weight excluding hydrogens is 526 g/mol. The summed E-state index contributed by atoms with van der Waals surface area (Å²) in [5.41, 5.74) is 3.50. The maximum atomic E-state index is 13.0.